The summed E-state index contributed by atoms with van der Waals surface area (Å²) >= 11 is 0. The molecule has 1 aromatic rings. The first-order valence-corrected chi connectivity index (χ1v) is 10.2. The maximum atomic E-state index is 12.4. The van der Waals surface area contributed by atoms with Gasteiger partial charge in [0.25, 0.3) is 5.91 Å². The monoisotopic (exact) mass is 355 g/mol. The van der Waals surface area contributed by atoms with E-state index >= 15 is 0 Å². The minimum Gasteiger partial charge on any atom is -0.472 e. The van der Waals surface area contributed by atoms with Crippen LogP contribution < -0.4 is 0 Å². The second-order valence-electron chi connectivity index (χ2n) is 6.72. The summed E-state index contributed by atoms with van der Waals surface area (Å²) in [6, 6.07) is 1.68. The molecule has 7 nitrogen and oxygen atoms in total. The number of hydrogen-bond acceptors (Lipinski definition) is 5. The van der Waals surface area contributed by atoms with Gasteiger partial charge in [-0.2, -0.15) is 0 Å². The van der Waals surface area contributed by atoms with Crippen LogP contribution in [0.3, 0.4) is 0 Å². The Kier molecular flexibility index (Phi) is 4.72. The van der Waals surface area contributed by atoms with Gasteiger partial charge in [-0.15, -0.1) is 0 Å². The molecule has 0 saturated carbocycles. The average Bonchev–Trinajstić information content (AvgIpc) is 3.24. The van der Waals surface area contributed by atoms with Crippen LogP contribution in [0, 0.1) is 0 Å². The molecule has 0 unspecified atom stereocenters. The zero-order chi connectivity index (χ0) is 17.4. The molecule has 8 heteroatoms. The van der Waals surface area contributed by atoms with E-state index in [0.717, 1.165) is 25.9 Å². The molecule has 0 radical (unpaired) electrons. The highest BCUT2D eigenvalue weighted by molar-refractivity contribution is 7.88. The summed E-state index contributed by atoms with van der Waals surface area (Å²) in [5, 5.41) is 0. The van der Waals surface area contributed by atoms with Crippen LogP contribution >= 0.6 is 0 Å². The molecule has 1 aromatic heterocycles. The summed E-state index contributed by atoms with van der Waals surface area (Å²) in [6.07, 6.45) is 6.03. The molecule has 3 heterocycles. The molecule has 134 valence electrons. The predicted octanol–water partition coefficient (Wildman–Crippen LogP) is 0.852. The van der Waals surface area contributed by atoms with Gasteiger partial charge in [0.15, 0.2) is 0 Å². The normalized spacial score (nSPS) is 26.8. The van der Waals surface area contributed by atoms with E-state index in [1.54, 1.807) is 10.4 Å². The van der Waals surface area contributed by atoms with E-state index in [4.69, 9.17) is 4.42 Å². The summed E-state index contributed by atoms with van der Waals surface area (Å²) in [4.78, 5) is 16.6. The molecule has 0 bridgehead atoms. The van der Waals surface area contributed by atoms with Crippen molar-refractivity contribution in [2.24, 2.45) is 0 Å². The van der Waals surface area contributed by atoms with E-state index in [9.17, 15) is 13.2 Å². The van der Waals surface area contributed by atoms with E-state index in [-0.39, 0.29) is 11.4 Å². The van der Waals surface area contributed by atoms with Crippen molar-refractivity contribution in [2.75, 3.05) is 45.5 Å². The fraction of sp³-hybridized carbons (Fsp3) is 0.688. The SMILES string of the molecule is CC[C@]1(N2CCN(C(=O)c3ccoc3)CC2)CCN(S(C)(=O)=O)C1. The lowest BCUT2D eigenvalue weighted by molar-refractivity contribution is 0.0312. The Bertz CT molecular complexity index is 680. The number of furan rings is 1. The van der Waals surface area contributed by atoms with Crippen LogP contribution in [0.25, 0.3) is 0 Å². The Balaban J connectivity index is 1.64. The third kappa shape index (κ3) is 3.22. The average molecular weight is 355 g/mol. The maximum Gasteiger partial charge on any atom is 0.257 e. The standard InChI is InChI=1S/C16H25N3O4S/c1-3-16(5-6-19(13-16)24(2,21)22)18-9-7-17(8-10-18)15(20)14-4-11-23-12-14/h4,11-12H,3,5-10,13H2,1-2H3/t16-/m0/s1. The summed E-state index contributed by atoms with van der Waals surface area (Å²) in [5.41, 5.74) is 0.478. The lowest BCUT2D eigenvalue weighted by atomic mass is 9.92. The molecule has 0 aromatic carbocycles. The van der Waals surface area contributed by atoms with E-state index < -0.39 is 10.0 Å². The number of sulfonamides is 1. The van der Waals surface area contributed by atoms with E-state index in [1.165, 1.54) is 18.8 Å². The number of piperazine rings is 1. The summed E-state index contributed by atoms with van der Waals surface area (Å²) in [6.45, 7) is 6.12. The van der Waals surface area contributed by atoms with Crippen LogP contribution in [0.1, 0.15) is 30.1 Å². The molecular formula is C16H25N3O4S. The fourth-order valence-electron chi connectivity index (χ4n) is 3.83. The second-order valence-corrected chi connectivity index (χ2v) is 8.70. The maximum absolute atomic E-state index is 12.4. The summed E-state index contributed by atoms with van der Waals surface area (Å²) in [7, 11) is -3.14. The van der Waals surface area contributed by atoms with Crippen LogP contribution in [-0.4, -0.2) is 79.5 Å². The molecule has 0 spiro atoms. The first kappa shape index (κ1) is 17.4. The van der Waals surface area contributed by atoms with Crippen LogP contribution in [0.5, 0.6) is 0 Å². The van der Waals surface area contributed by atoms with Crippen LogP contribution in [0.15, 0.2) is 23.0 Å². The molecule has 24 heavy (non-hydrogen) atoms. The van der Waals surface area contributed by atoms with Crippen molar-refractivity contribution >= 4 is 15.9 Å². The van der Waals surface area contributed by atoms with Crippen molar-refractivity contribution in [3.8, 4) is 0 Å². The van der Waals surface area contributed by atoms with Crippen molar-refractivity contribution in [3.63, 3.8) is 0 Å². The fourth-order valence-corrected chi connectivity index (χ4v) is 4.72. The summed E-state index contributed by atoms with van der Waals surface area (Å²) < 4.78 is 30.2. The van der Waals surface area contributed by atoms with E-state index in [0.29, 0.717) is 31.7 Å². The van der Waals surface area contributed by atoms with Crippen LogP contribution in [0.2, 0.25) is 0 Å². The Hall–Kier alpha value is -1.38. The van der Waals surface area contributed by atoms with Gasteiger partial charge >= 0.3 is 0 Å². The molecule has 2 fully saturated rings. The third-order valence-electron chi connectivity index (χ3n) is 5.43. The van der Waals surface area contributed by atoms with Crippen molar-refractivity contribution in [1.29, 1.82) is 0 Å². The lowest BCUT2D eigenvalue weighted by Crippen LogP contribution is -2.59. The molecule has 2 saturated heterocycles. The van der Waals surface area contributed by atoms with Gasteiger partial charge in [-0.3, -0.25) is 9.69 Å². The van der Waals surface area contributed by atoms with E-state index in [2.05, 4.69) is 11.8 Å². The van der Waals surface area contributed by atoms with Gasteiger partial charge in [-0.25, -0.2) is 12.7 Å². The molecule has 0 aliphatic carbocycles. The third-order valence-corrected chi connectivity index (χ3v) is 6.68. The Morgan fingerprint density at radius 3 is 2.46 bits per heavy atom. The number of nitrogens with zero attached hydrogens (tertiary/aromatic N) is 3. The van der Waals surface area contributed by atoms with Crippen LogP contribution in [-0.2, 0) is 10.0 Å². The zero-order valence-electron chi connectivity index (χ0n) is 14.3. The highest BCUT2D eigenvalue weighted by Gasteiger charge is 2.45. The minimum absolute atomic E-state index is 0.00173. The number of carbonyl (C=O) groups is 1. The molecular weight excluding hydrogens is 330 g/mol. The zero-order valence-corrected chi connectivity index (χ0v) is 15.1. The van der Waals surface area contributed by atoms with Gasteiger partial charge in [0.05, 0.1) is 18.1 Å². The largest absolute Gasteiger partial charge is 0.472 e. The number of rotatable bonds is 4. The van der Waals surface area contributed by atoms with Crippen molar-refractivity contribution < 1.29 is 17.6 Å². The van der Waals surface area contributed by atoms with Crippen molar-refractivity contribution in [2.45, 2.75) is 25.3 Å². The van der Waals surface area contributed by atoms with Crippen LogP contribution in [0.4, 0.5) is 0 Å². The number of carbonyl (C=O) groups excluding carboxylic acids is 1. The second kappa shape index (κ2) is 6.50. The summed E-state index contributed by atoms with van der Waals surface area (Å²) in [5.74, 6) is -0.00173. The highest BCUT2D eigenvalue weighted by atomic mass is 32.2. The molecule has 1 amide bonds. The number of amides is 1. The highest BCUT2D eigenvalue weighted by Crippen LogP contribution is 2.33. The van der Waals surface area contributed by atoms with Gasteiger partial charge in [0, 0.05) is 44.8 Å². The van der Waals surface area contributed by atoms with E-state index in [1.807, 2.05) is 4.90 Å². The number of hydrogen-bond donors (Lipinski definition) is 0. The van der Waals surface area contributed by atoms with Gasteiger partial charge in [-0.1, -0.05) is 6.92 Å². The lowest BCUT2D eigenvalue weighted by Gasteiger charge is -2.45. The molecule has 0 N–H and O–H groups in total. The van der Waals surface area contributed by atoms with Crippen molar-refractivity contribution in [1.82, 2.24) is 14.1 Å². The van der Waals surface area contributed by atoms with Gasteiger partial charge in [0.2, 0.25) is 10.0 Å². The quantitative estimate of drug-likeness (QED) is 0.801. The van der Waals surface area contributed by atoms with Gasteiger partial charge < -0.3 is 9.32 Å². The minimum atomic E-state index is -3.14. The Morgan fingerprint density at radius 1 is 1.25 bits per heavy atom. The molecule has 2 aliphatic heterocycles. The Morgan fingerprint density at radius 2 is 1.96 bits per heavy atom. The predicted molar refractivity (Wildman–Crippen MR) is 90.2 cm³/mol. The molecule has 2 aliphatic rings. The molecule has 3 rings (SSSR count). The van der Waals surface area contributed by atoms with Crippen molar-refractivity contribution in [3.05, 3.63) is 24.2 Å². The Labute approximate surface area is 143 Å². The molecule has 1 atom stereocenters. The first-order valence-electron chi connectivity index (χ1n) is 8.37. The topological polar surface area (TPSA) is 74.1 Å². The van der Waals surface area contributed by atoms with Gasteiger partial charge in [-0.05, 0) is 18.9 Å². The smallest absolute Gasteiger partial charge is 0.257 e. The van der Waals surface area contributed by atoms with Gasteiger partial charge in [0.1, 0.15) is 6.26 Å². The first-order chi connectivity index (χ1) is 11.4.